The fourth-order valence-corrected chi connectivity index (χ4v) is 4.73. The zero-order chi connectivity index (χ0) is 30.6. The number of hydrogen-bond acceptors (Lipinski definition) is 6. The molecule has 43 heavy (non-hydrogen) atoms. The SMILES string of the molecule is CCCC(=O)N(CCOc1ccc(C[C@H](Nc2ccccc2C(=O)c2ccccc2)C(=O)O)cc1)c1ccccc1OC. The smallest absolute Gasteiger partial charge is 0.326 e. The Balaban J connectivity index is 1.40. The molecule has 4 aromatic carbocycles. The van der Waals surface area contributed by atoms with Crippen LogP contribution in [0.1, 0.15) is 41.3 Å². The van der Waals surface area contributed by atoms with E-state index >= 15 is 0 Å². The number of rotatable bonds is 15. The highest BCUT2D eigenvalue weighted by molar-refractivity contribution is 6.12. The minimum absolute atomic E-state index is 0.00907. The first-order valence-corrected chi connectivity index (χ1v) is 14.2. The van der Waals surface area contributed by atoms with Crippen LogP contribution in [0, 0.1) is 0 Å². The molecule has 222 valence electrons. The topological polar surface area (TPSA) is 105 Å². The highest BCUT2D eigenvalue weighted by Crippen LogP contribution is 2.28. The van der Waals surface area contributed by atoms with Gasteiger partial charge < -0.3 is 24.8 Å². The van der Waals surface area contributed by atoms with E-state index in [1.165, 1.54) is 0 Å². The van der Waals surface area contributed by atoms with Crippen LogP contribution in [0.15, 0.2) is 103 Å². The van der Waals surface area contributed by atoms with Gasteiger partial charge in [-0.05, 0) is 48.4 Å². The molecule has 1 atom stereocenters. The van der Waals surface area contributed by atoms with Gasteiger partial charge in [0.15, 0.2) is 5.78 Å². The first-order chi connectivity index (χ1) is 20.9. The molecule has 0 fully saturated rings. The predicted octanol–water partition coefficient (Wildman–Crippen LogP) is 6.25. The molecule has 0 saturated carbocycles. The molecular formula is C35H36N2O6. The van der Waals surface area contributed by atoms with Crippen LogP contribution in [0.4, 0.5) is 11.4 Å². The summed E-state index contributed by atoms with van der Waals surface area (Å²) in [4.78, 5) is 39.8. The quantitative estimate of drug-likeness (QED) is 0.160. The molecule has 0 spiro atoms. The van der Waals surface area contributed by atoms with Crippen molar-refractivity contribution in [1.29, 1.82) is 0 Å². The van der Waals surface area contributed by atoms with E-state index in [0.29, 0.717) is 47.0 Å². The molecule has 4 aromatic rings. The Labute approximate surface area is 251 Å². The number of amides is 1. The lowest BCUT2D eigenvalue weighted by Gasteiger charge is -2.24. The van der Waals surface area contributed by atoms with Crippen LogP contribution in [-0.2, 0) is 16.0 Å². The van der Waals surface area contributed by atoms with E-state index in [1.54, 1.807) is 72.7 Å². The highest BCUT2D eigenvalue weighted by Gasteiger charge is 2.22. The minimum atomic E-state index is -1.03. The van der Waals surface area contributed by atoms with Crippen molar-refractivity contribution in [2.75, 3.05) is 30.5 Å². The van der Waals surface area contributed by atoms with Gasteiger partial charge >= 0.3 is 5.97 Å². The first-order valence-electron chi connectivity index (χ1n) is 14.2. The maximum Gasteiger partial charge on any atom is 0.326 e. The summed E-state index contributed by atoms with van der Waals surface area (Å²) >= 11 is 0. The number of carbonyl (C=O) groups excluding carboxylic acids is 2. The molecule has 0 radical (unpaired) electrons. The standard InChI is InChI=1S/C35H36N2O6/c1-3-11-33(38)37(31-16-9-10-17-32(31)42-2)22-23-43-27-20-18-25(19-21-27)24-30(35(40)41)36-29-15-8-7-14-28(29)34(39)26-12-5-4-6-13-26/h4-10,12-21,30,36H,3,11,22-24H2,1-2H3,(H,40,41)/t30-/m0/s1. The second-order valence-electron chi connectivity index (χ2n) is 9.94. The molecule has 0 aromatic heterocycles. The Morgan fingerprint density at radius 2 is 1.53 bits per heavy atom. The molecule has 0 aliphatic carbocycles. The molecule has 0 saturated heterocycles. The zero-order valence-corrected chi connectivity index (χ0v) is 24.4. The Bertz CT molecular complexity index is 1520. The van der Waals surface area contributed by atoms with Crippen LogP contribution < -0.4 is 19.7 Å². The third kappa shape index (κ3) is 8.23. The maximum atomic E-state index is 13.1. The summed E-state index contributed by atoms with van der Waals surface area (Å²) < 4.78 is 11.4. The van der Waals surface area contributed by atoms with E-state index in [-0.39, 0.29) is 24.7 Å². The first kappa shape index (κ1) is 30.8. The lowest BCUT2D eigenvalue weighted by Crippen LogP contribution is -2.34. The van der Waals surface area contributed by atoms with Crippen LogP contribution in [0.25, 0.3) is 0 Å². The van der Waals surface area contributed by atoms with Gasteiger partial charge in [0.2, 0.25) is 5.91 Å². The van der Waals surface area contributed by atoms with Gasteiger partial charge in [-0.15, -0.1) is 0 Å². The van der Waals surface area contributed by atoms with Crippen molar-refractivity contribution in [1.82, 2.24) is 0 Å². The summed E-state index contributed by atoms with van der Waals surface area (Å²) in [6.45, 7) is 2.56. The monoisotopic (exact) mass is 580 g/mol. The molecule has 0 aliphatic rings. The summed E-state index contributed by atoms with van der Waals surface area (Å²) in [5.41, 5.74) is 2.87. The number of carbonyl (C=O) groups is 3. The zero-order valence-electron chi connectivity index (χ0n) is 24.4. The number of anilines is 2. The third-order valence-electron chi connectivity index (χ3n) is 6.92. The molecule has 4 rings (SSSR count). The largest absolute Gasteiger partial charge is 0.495 e. The summed E-state index contributed by atoms with van der Waals surface area (Å²) in [7, 11) is 1.58. The normalized spacial score (nSPS) is 11.3. The van der Waals surface area contributed by atoms with Crippen LogP contribution in [0.2, 0.25) is 0 Å². The maximum absolute atomic E-state index is 13.1. The van der Waals surface area contributed by atoms with E-state index in [9.17, 15) is 19.5 Å². The summed E-state index contributed by atoms with van der Waals surface area (Å²) in [5.74, 6) is -0.00839. The minimum Gasteiger partial charge on any atom is -0.495 e. The number of hydrogen-bond donors (Lipinski definition) is 2. The number of ketones is 1. The van der Waals surface area contributed by atoms with E-state index < -0.39 is 12.0 Å². The lowest BCUT2D eigenvalue weighted by molar-refractivity contribution is -0.137. The van der Waals surface area contributed by atoms with Gasteiger partial charge in [0.05, 0.1) is 19.3 Å². The number of carboxylic acid groups (broad SMARTS) is 1. The van der Waals surface area contributed by atoms with Crippen LogP contribution in [0.5, 0.6) is 11.5 Å². The second-order valence-corrected chi connectivity index (χ2v) is 9.94. The van der Waals surface area contributed by atoms with Crippen LogP contribution in [-0.4, -0.2) is 49.1 Å². The van der Waals surface area contributed by atoms with E-state index in [0.717, 1.165) is 12.0 Å². The van der Waals surface area contributed by atoms with Gasteiger partial charge in [-0.25, -0.2) is 4.79 Å². The molecule has 1 amide bonds. The molecule has 8 heteroatoms. The van der Waals surface area contributed by atoms with Crippen LogP contribution >= 0.6 is 0 Å². The van der Waals surface area contributed by atoms with Crippen molar-refractivity contribution >= 4 is 29.0 Å². The third-order valence-corrected chi connectivity index (χ3v) is 6.92. The Morgan fingerprint density at radius 1 is 0.860 bits per heavy atom. The van der Waals surface area contributed by atoms with E-state index in [1.807, 2.05) is 49.4 Å². The summed E-state index contributed by atoms with van der Waals surface area (Å²) in [6, 6.07) is 29.4. The van der Waals surface area contributed by atoms with Crippen molar-refractivity contribution in [3.05, 3.63) is 120 Å². The van der Waals surface area contributed by atoms with Gasteiger partial charge in [-0.1, -0.05) is 73.7 Å². The van der Waals surface area contributed by atoms with E-state index in [2.05, 4.69) is 5.32 Å². The van der Waals surface area contributed by atoms with E-state index in [4.69, 9.17) is 9.47 Å². The lowest BCUT2D eigenvalue weighted by atomic mass is 10.00. The van der Waals surface area contributed by atoms with Gasteiger partial charge in [-0.3, -0.25) is 9.59 Å². The number of methoxy groups -OCH3 is 1. The molecule has 0 unspecified atom stereocenters. The number of aliphatic carboxylic acids is 1. The van der Waals surface area contributed by atoms with Gasteiger partial charge in [-0.2, -0.15) is 0 Å². The highest BCUT2D eigenvalue weighted by atomic mass is 16.5. The number of carboxylic acids is 1. The molecule has 0 bridgehead atoms. The average molecular weight is 581 g/mol. The Morgan fingerprint density at radius 3 is 2.23 bits per heavy atom. The van der Waals surface area contributed by atoms with Gasteiger partial charge in [0.1, 0.15) is 24.1 Å². The molecule has 2 N–H and O–H groups in total. The summed E-state index contributed by atoms with van der Waals surface area (Å²) in [5, 5.41) is 13.0. The van der Waals surface area contributed by atoms with Crippen LogP contribution in [0.3, 0.4) is 0 Å². The fraction of sp³-hybridized carbons (Fsp3) is 0.229. The van der Waals surface area contributed by atoms with Gasteiger partial charge in [0.25, 0.3) is 0 Å². The molecule has 0 aliphatic heterocycles. The molecule has 0 heterocycles. The van der Waals surface area contributed by atoms with Crippen molar-refractivity contribution in [3.8, 4) is 11.5 Å². The van der Waals surface area contributed by atoms with Crippen molar-refractivity contribution in [3.63, 3.8) is 0 Å². The number of ether oxygens (including phenoxy) is 2. The predicted molar refractivity (Wildman–Crippen MR) is 167 cm³/mol. The molecule has 8 nitrogen and oxygen atoms in total. The van der Waals surface area contributed by atoms with Crippen molar-refractivity contribution in [2.45, 2.75) is 32.2 Å². The number of nitrogens with one attached hydrogen (secondary N) is 1. The average Bonchev–Trinajstić information content (AvgIpc) is 3.04. The number of benzene rings is 4. The summed E-state index contributed by atoms with van der Waals surface area (Å²) in [6.07, 6.45) is 1.33. The number of nitrogens with zero attached hydrogens (tertiary/aromatic N) is 1. The van der Waals surface area contributed by atoms with Crippen molar-refractivity contribution < 1.29 is 29.0 Å². The number of para-hydroxylation sites is 3. The van der Waals surface area contributed by atoms with Crippen molar-refractivity contribution in [2.24, 2.45) is 0 Å². The second kappa shape index (κ2) is 15.2. The Kier molecular flexibility index (Phi) is 10.9. The van der Waals surface area contributed by atoms with Gasteiger partial charge in [0, 0.05) is 29.7 Å². The Hall–Kier alpha value is -5.11. The fourth-order valence-electron chi connectivity index (χ4n) is 4.73. The molecular weight excluding hydrogens is 544 g/mol.